The molecule has 0 saturated heterocycles. The van der Waals surface area contributed by atoms with Crippen LogP contribution in [0.25, 0.3) is 0 Å². The van der Waals surface area contributed by atoms with Crippen molar-refractivity contribution in [3.8, 4) is 0 Å². The second-order valence-electron chi connectivity index (χ2n) is 4.68. The molecule has 0 aliphatic heterocycles. The Balaban J connectivity index is 2.83. The summed E-state index contributed by atoms with van der Waals surface area (Å²) < 4.78 is 19.1. The molecule has 0 heterocycles. The van der Waals surface area contributed by atoms with Gasteiger partial charge >= 0.3 is 6.09 Å². The first-order valence-electron chi connectivity index (χ1n) is 5.15. The molecule has 0 aromatic heterocycles. The Kier molecular flexibility index (Phi) is 4.35. The molecule has 1 aromatic carbocycles. The molecule has 1 rings (SSSR count). The van der Waals surface area contributed by atoms with Crippen molar-refractivity contribution in [3.63, 3.8) is 0 Å². The molecule has 94 valence electrons. The molecule has 1 aromatic rings. The molecule has 3 nitrogen and oxygen atoms in total. The lowest BCUT2D eigenvalue weighted by atomic mass is 10.2. The fraction of sp³-hybridized carbons (Fsp3) is 0.417. The van der Waals surface area contributed by atoms with Crippen molar-refractivity contribution < 1.29 is 13.9 Å². The zero-order valence-electron chi connectivity index (χ0n) is 10.2. The molecule has 0 radical (unpaired) electrons. The average molecular weight is 351 g/mol. The van der Waals surface area contributed by atoms with Gasteiger partial charge in [-0.3, -0.25) is 5.32 Å². The van der Waals surface area contributed by atoms with Crippen LogP contribution in [0.2, 0.25) is 0 Å². The molecule has 1 amide bonds. The number of halogens is 2. The fourth-order valence-corrected chi connectivity index (χ4v) is 1.90. The first-order valence-corrected chi connectivity index (χ1v) is 6.23. The van der Waals surface area contributed by atoms with Crippen LogP contribution in [0.1, 0.15) is 26.3 Å². The highest BCUT2D eigenvalue weighted by atomic mass is 127. The van der Waals surface area contributed by atoms with Gasteiger partial charge in [-0.05, 0) is 61.9 Å². The summed E-state index contributed by atoms with van der Waals surface area (Å²) >= 11 is 1.86. The molecule has 0 aliphatic rings. The van der Waals surface area contributed by atoms with E-state index < -0.39 is 11.7 Å². The fourth-order valence-electron chi connectivity index (χ4n) is 1.16. The number of amides is 1. The minimum absolute atomic E-state index is 0.320. The Hall–Kier alpha value is -0.850. The standard InChI is InChI=1S/C12H15FINO2/c1-7-5-6-8(10(14)9(7)13)15-11(16)17-12(2,3)4/h5-6H,1-4H3,(H,15,16). The predicted molar refractivity (Wildman–Crippen MR) is 73.7 cm³/mol. The van der Waals surface area contributed by atoms with E-state index >= 15 is 0 Å². The van der Waals surface area contributed by atoms with Crippen molar-refractivity contribution >= 4 is 34.4 Å². The van der Waals surface area contributed by atoms with Gasteiger partial charge in [0.05, 0.1) is 9.26 Å². The van der Waals surface area contributed by atoms with Gasteiger partial charge in [-0.25, -0.2) is 9.18 Å². The van der Waals surface area contributed by atoms with Crippen LogP contribution in [0.3, 0.4) is 0 Å². The second kappa shape index (κ2) is 5.20. The van der Waals surface area contributed by atoms with E-state index in [-0.39, 0.29) is 5.82 Å². The largest absolute Gasteiger partial charge is 0.444 e. The minimum Gasteiger partial charge on any atom is -0.444 e. The van der Waals surface area contributed by atoms with Crippen molar-refractivity contribution in [1.82, 2.24) is 0 Å². The number of rotatable bonds is 1. The summed E-state index contributed by atoms with van der Waals surface area (Å²) in [5, 5.41) is 2.53. The van der Waals surface area contributed by atoms with E-state index in [1.807, 2.05) is 22.6 Å². The number of anilines is 1. The molecule has 0 fully saturated rings. The third kappa shape index (κ3) is 4.14. The normalized spacial score (nSPS) is 11.2. The van der Waals surface area contributed by atoms with Gasteiger partial charge in [0.2, 0.25) is 0 Å². The Labute approximate surface area is 114 Å². The molecule has 0 saturated carbocycles. The summed E-state index contributed by atoms with van der Waals surface area (Å²) in [7, 11) is 0. The van der Waals surface area contributed by atoms with Crippen LogP contribution in [0, 0.1) is 16.3 Å². The average Bonchev–Trinajstić information content (AvgIpc) is 2.16. The topological polar surface area (TPSA) is 38.3 Å². The summed E-state index contributed by atoms with van der Waals surface area (Å²) in [6.07, 6.45) is -0.585. The van der Waals surface area contributed by atoms with E-state index in [9.17, 15) is 9.18 Å². The van der Waals surface area contributed by atoms with Gasteiger partial charge < -0.3 is 4.74 Å². The van der Waals surface area contributed by atoms with Gasteiger partial charge in [-0.2, -0.15) is 0 Å². The van der Waals surface area contributed by atoms with E-state index in [0.717, 1.165) is 0 Å². The highest BCUT2D eigenvalue weighted by Crippen LogP contribution is 2.24. The molecular formula is C12H15FINO2. The lowest BCUT2D eigenvalue weighted by Crippen LogP contribution is -2.27. The van der Waals surface area contributed by atoms with Crippen LogP contribution in [-0.2, 0) is 4.74 Å². The molecule has 17 heavy (non-hydrogen) atoms. The van der Waals surface area contributed by atoms with Crippen LogP contribution in [-0.4, -0.2) is 11.7 Å². The van der Waals surface area contributed by atoms with E-state index in [1.54, 1.807) is 39.8 Å². The number of nitrogens with one attached hydrogen (secondary N) is 1. The number of carbonyl (C=O) groups is 1. The smallest absolute Gasteiger partial charge is 0.412 e. The number of carbonyl (C=O) groups excluding carboxylic acids is 1. The Bertz CT molecular complexity index is 441. The summed E-state index contributed by atoms with van der Waals surface area (Å²) in [6.45, 7) is 6.99. The van der Waals surface area contributed by atoms with Crippen molar-refractivity contribution in [3.05, 3.63) is 27.1 Å². The predicted octanol–water partition coefficient (Wildman–Crippen LogP) is 4.09. The second-order valence-corrected chi connectivity index (χ2v) is 5.76. The van der Waals surface area contributed by atoms with Gasteiger partial charge in [0.1, 0.15) is 11.4 Å². The SMILES string of the molecule is Cc1ccc(NC(=O)OC(C)(C)C)c(I)c1F. The quantitative estimate of drug-likeness (QED) is 0.774. The molecule has 0 unspecified atom stereocenters. The van der Waals surface area contributed by atoms with Gasteiger partial charge in [0.25, 0.3) is 0 Å². The van der Waals surface area contributed by atoms with Crippen LogP contribution in [0.15, 0.2) is 12.1 Å². The molecular weight excluding hydrogens is 336 g/mol. The highest BCUT2D eigenvalue weighted by molar-refractivity contribution is 14.1. The molecule has 0 spiro atoms. The van der Waals surface area contributed by atoms with E-state index in [4.69, 9.17) is 4.74 Å². The van der Waals surface area contributed by atoms with Crippen molar-refractivity contribution in [2.75, 3.05) is 5.32 Å². The highest BCUT2D eigenvalue weighted by Gasteiger charge is 2.18. The number of ether oxygens (including phenoxy) is 1. The van der Waals surface area contributed by atoms with Crippen LogP contribution in [0.4, 0.5) is 14.9 Å². The third-order valence-corrected chi connectivity index (χ3v) is 2.97. The summed E-state index contributed by atoms with van der Waals surface area (Å²) in [5.74, 6) is -0.320. The van der Waals surface area contributed by atoms with Crippen LogP contribution < -0.4 is 5.32 Å². The number of hydrogen-bond acceptors (Lipinski definition) is 2. The zero-order chi connectivity index (χ0) is 13.2. The van der Waals surface area contributed by atoms with Gasteiger partial charge in [0.15, 0.2) is 0 Å². The summed E-state index contributed by atoms with van der Waals surface area (Å²) in [6, 6.07) is 3.27. The first kappa shape index (κ1) is 14.2. The lowest BCUT2D eigenvalue weighted by Gasteiger charge is -2.20. The summed E-state index contributed by atoms with van der Waals surface area (Å²) in [5.41, 5.74) is 0.394. The molecule has 0 bridgehead atoms. The first-order chi connectivity index (χ1) is 7.70. The number of hydrogen-bond donors (Lipinski definition) is 1. The molecule has 1 N–H and O–H groups in total. The summed E-state index contributed by atoms with van der Waals surface area (Å²) in [4.78, 5) is 11.5. The van der Waals surface area contributed by atoms with E-state index in [1.165, 1.54) is 0 Å². The lowest BCUT2D eigenvalue weighted by molar-refractivity contribution is 0.0636. The maximum absolute atomic E-state index is 13.6. The maximum Gasteiger partial charge on any atom is 0.412 e. The van der Waals surface area contributed by atoms with Gasteiger partial charge in [-0.15, -0.1) is 0 Å². The Morgan fingerprint density at radius 1 is 1.41 bits per heavy atom. The Morgan fingerprint density at radius 2 is 2.00 bits per heavy atom. The molecule has 0 aliphatic carbocycles. The van der Waals surface area contributed by atoms with Crippen molar-refractivity contribution in [2.45, 2.75) is 33.3 Å². The molecule has 5 heteroatoms. The van der Waals surface area contributed by atoms with Crippen LogP contribution in [0.5, 0.6) is 0 Å². The van der Waals surface area contributed by atoms with Gasteiger partial charge in [-0.1, -0.05) is 6.07 Å². The zero-order valence-corrected chi connectivity index (χ0v) is 12.4. The third-order valence-electron chi connectivity index (χ3n) is 1.91. The number of aryl methyl sites for hydroxylation is 1. The number of benzene rings is 1. The Morgan fingerprint density at radius 3 is 2.53 bits per heavy atom. The van der Waals surface area contributed by atoms with Crippen molar-refractivity contribution in [1.29, 1.82) is 0 Å². The molecule has 0 atom stereocenters. The monoisotopic (exact) mass is 351 g/mol. The van der Waals surface area contributed by atoms with Crippen LogP contribution >= 0.6 is 22.6 Å². The van der Waals surface area contributed by atoms with Gasteiger partial charge in [0, 0.05) is 0 Å². The van der Waals surface area contributed by atoms with E-state index in [2.05, 4.69) is 5.32 Å². The maximum atomic E-state index is 13.6. The van der Waals surface area contributed by atoms with Crippen molar-refractivity contribution in [2.24, 2.45) is 0 Å². The van der Waals surface area contributed by atoms with E-state index in [0.29, 0.717) is 14.8 Å². The minimum atomic E-state index is -0.585.